The van der Waals surface area contributed by atoms with Crippen molar-refractivity contribution in [2.75, 3.05) is 5.32 Å². The van der Waals surface area contributed by atoms with E-state index in [9.17, 15) is 4.79 Å². The van der Waals surface area contributed by atoms with Crippen LogP contribution in [0.1, 0.15) is 12.5 Å². The van der Waals surface area contributed by atoms with E-state index in [-0.39, 0.29) is 5.91 Å². The van der Waals surface area contributed by atoms with Gasteiger partial charge in [0.1, 0.15) is 5.75 Å². The molecule has 2 rings (SSSR count). The first-order valence-electron chi connectivity index (χ1n) is 6.32. The molecular weight excluding hydrogens is 288 g/mol. The second-order valence-corrected chi connectivity index (χ2v) is 4.83. The van der Waals surface area contributed by atoms with Crippen molar-refractivity contribution < 1.29 is 9.53 Å². The third kappa shape index (κ3) is 4.23. The molecule has 0 heterocycles. The molecule has 0 saturated heterocycles. The highest BCUT2D eigenvalue weighted by Gasteiger charge is 2.14. The standard InChI is InChI=1S/C16H13ClN2O2/c1-11(21-15-7-5-12(10-18)6-8-15)16(20)19-14-4-2-3-13(17)9-14/h2-9,11H,1H3,(H,19,20)/t11-/m0/s1. The summed E-state index contributed by atoms with van der Waals surface area (Å²) in [4.78, 5) is 12.0. The van der Waals surface area contributed by atoms with Gasteiger partial charge in [0, 0.05) is 10.7 Å². The fraction of sp³-hybridized carbons (Fsp3) is 0.125. The van der Waals surface area contributed by atoms with E-state index >= 15 is 0 Å². The van der Waals surface area contributed by atoms with Crippen molar-refractivity contribution in [1.82, 2.24) is 0 Å². The molecule has 0 saturated carbocycles. The van der Waals surface area contributed by atoms with Crippen LogP contribution in [0, 0.1) is 11.3 Å². The number of benzene rings is 2. The number of anilines is 1. The Balaban J connectivity index is 1.97. The second-order valence-electron chi connectivity index (χ2n) is 4.40. The van der Waals surface area contributed by atoms with Gasteiger partial charge in [-0.3, -0.25) is 4.79 Å². The predicted molar refractivity (Wildman–Crippen MR) is 81.3 cm³/mol. The average Bonchev–Trinajstić information content (AvgIpc) is 2.48. The average molecular weight is 301 g/mol. The molecule has 0 radical (unpaired) electrons. The number of nitriles is 1. The summed E-state index contributed by atoms with van der Waals surface area (Å²) in [5, 5.41) is 12.0. The maximum absolute atomic E-state index is 12.0. The normalized spacial score (nSPS) is 11.3. The van der Waals surface area contributed by atoms with Gasteiger partial charge in [-0.05, 0) is 49.4 Å². The van der Waals surface area contributed by atoms with E-state index in [1.54, 1.807) is 55.5 Å². The Morgan fingerprint density at radius 1 is 1.29 bits per heavy atom. The zero-order valence-corrected chi connectivity index (χ0v) is 12.1. The molecule has 1 atom stereocenters. The third-order valence-corrected chi connectivity index (χ3v) is 2.99. The molecule has 1 amide bonds. The van der Waals surface area contributed by atoms with E-state index in [4.69, 9.17) is 21.6 Å². The lowest BCUT2D eigenvalue weighted by Gasteiger charge is -2.14. The van der Waals surface area contributed by atoms with Crippen LogP contribution in [0.4, 0.5) is 5.69 Å². The number of carbonyl (C=O) groups is 1. The van der Waals surface area contributed by atoms with Crippen molar-refractivity contribution in [3.8, 4) is 11.8 Å². The lowest BCUT2D eigenvalue weighted by molar-refractivity contribution is -0.122. The molecule has 0 aromatic heterocycles. The maximum Gasteiger partial charge on any atom is 0.265 e. The van der Waals surface area contributed by atoms with Gasteiger partial charge in [-0.1, -0.05) is 17.7 Å². The van der Waals surface area contributed by atoms with Crippen LogP contribution in [-0.4, -0.2) is 12.0 Å². The lowest BCUT2D eigenvalue weighted by atomic mass is 10.2. The van der Waals surface area contributed by atoms with Crippen LogP contribution in [0.5, 0.6) is 5.75 Å². The van der Waals surface area contributed by atoms with E-state index in [0.717, 1.165) is 0 Å². The highest BCUT2D eigenvalue weighted by atomic mass is 35.5. The van der Waals surface area contributed by atoms with Gasteiger partial charge >= 0.3 is 0 Å². The Hall–Kier alpha value is -2.51. The topological polar surface area (TPSA) is 62.1 Å². The van der Waals surface area contributed by atoms with Crippen molar-refractivity contribution in [2.45, 2.75) is 13.0 Å². The van der Waals surface area contributed by atoms with Gasteiger partial charge in [0.05, 0.1) is 11.6 Å². The van der Waals surface area contributed by atoms with Gasteiger partial charge in [-0.15, -0.1) is 0 Å². The van der Waals surface area contributed by atoms with Crippen LogP contribution in [0.15, 0.2) is 48.5 Å². The Bertz CT molecular complexity index is 677. The van der Waals surface area contributed by atoms with Gasteiger partial charge in [-0.2, -0.15) is 5.26 Å². The molecule has 2 aromatic carbocycles. The third-order valence-electron chi connectivity index (χ3n) is 2.76. The van der Waals surface area contributed by atoms with E-state index < -0.39 is 6.10 Å². The van der Waals surface area contributed by atoms with Crippen molar-refractivity contribution in [1.29, 1.82) is 5.26 Å². The fourth-order valence-electron chi connectivity index (χ4n) is 1.68. The number of hydrogen-bond donors (Lipinski definition) is 1. The van der Waals surface area contributed by atoms with Crippen LogP contribution in [0.3, 0.4) is 0 Å². The van der Waals surface area contributed by atoms with E-state index in [1.165, 1.54) is 0 Å². The second kappa shape index (κ2) is 6.78. The van der Waals surface area contributed by atoms with Gasteiger partial charge in [-0.25, -0.2) is 0 Å². The minimum absolute atomic E-state index is 0.276. The smallest absolute Gasteiger partial charge is 0.265 e. The molecule has 0 fully saturated rings. The Morgan fingerprint density at radius 3 is 2.62 bits per heavy atom. The number of amides is 1. The minimum Gasteiger partial charge on any atom is -0.481 e. The molecule has 21 heavy (non-hydrogen) atoms. The summed E-state index contributed by atoms with van der Waals surface area (Å²) in [6.07, 6.45) is -0.670. The molecular formula is C16H13ClN2O2. The van der Waals surface area contributed by atoms with Crippen molar-refractivity contribution in [3.05, 3.63) is 59.1 Å². The van der Waals surface area contributed by atoms with Crippen LogP contribution in [-0.2, 0) is 4.79 Å². The summed E-state index contributed by atoms with van der Waals surface area (Å²) in [6, 6.07) is 15.5. The molecule has 1 N–H and O–H groups in total. The van der Waals surface area contributed by atoms with Gasteiger partial charge < -0.3 is 10.1 Å². The minimum atomic E-state index is -0.670. The number of rotatable bonds is 4. The molecule has 5 heteroatoms. The molecule has 2 aromatic rings. The molecule has 0 aliphatic heterocycles. The van der Waals surface area contributed by atoms with Gasteiger partial charge in [0.2, 0.25) is 0 Å². The highest BCUT2D eigenvalue weighted by Crippen LogP contribution is 2.17. The van der Waals surface area contributed by atoms with Gasteiger partial charge in [0.15, 0.2) is 6.10 Å². The van der Waals surface area contributed by atoms with E-state index in [1.807, 2.05) is 6.07 Å². The zero-order chi connectivity index (χ0) is 15.2. The molecule has 0 unspecified atom stereocenters. The zero-order valence-electron chi connectivity index (χ0n) is 11.3. The number of nitrogens with one attached hydrogen (secondary N) is 1. The molecule has 0 aliphatic carbocycles. The quantitative estimate of drug-likeness (QED) is 0.938. The van der Waals surface area contributed by atoms with Gasteiger partial charge in [0.25, 0.3) is 5.91 Å². The Morgan fingerprint density at radius 2 is 2.00 bits per heavy atom. The summed E-state index contributed by atoms with van der Waals surface area (Å²) in [5.74, 6) is 0.254. The molecule has 106 valence electrons. The van der Waals surface area contributed by atoms with E-state index in [0.29, 0.717) is 22.0 Å². The van der Waals surface area contributed by atoms with Crippen LogP contribution in [0.25, 0.3) is 0 Å². The summed E-state index contributed by atoms with van der Waals surface area (Å²) in [7, 11) is 0. The van der Waals surface area contributed by atoms with Crippen molar-refractivity contribution in [2.24, 2.45) is 0 Å². The SMILES string of the molecule is C[C@H](Oc1ccc(C#N)cc1)C(=O)Nc1cccc(Cl)c1. The summed E-state index contributed by atoms with van der Waals surface area (Å²) in [6.45, 7) is 1.65. The Kier molecular flexibility index (Phi) is 4.81. The van der Waals surface area contributed by atoms with Crippen molar-refractivity contribution >= 4 is 23.2 Å². The number of halogens is 1. The van der Waals surface area contributed by atoms with Crippen LogP contribution in [0.2, 0.25) is 5.02 Å². The maximum atomic E-state index is 12.0. The van der Waals surface area contributed by atoms with Crippen LogP contribution < -0.4 is 10.1 Å². The Labute approximate surface area is 127 Å². The molecule has 0 bridgehead atoms. The molecule has 0 spiro atoms. The first-order chi connectivity index (χ1) is 10.1. The summed E-state index contributed by atoms with van der Waals surface area (Å²) < 4.78 is 5.52. The number of hydrogen-bond acceptors (Lipinski definition) is 3. The summed E-state index contributed by atoms with van der Waals surface area (Å²) in [5.41, 5.74) is 1.15. The largest absolute Gasteiger partial charge is 0.481 e. The summed E-state index contributed by atoms with van der Waals surface area (Å²) >= 11 is 5.86. The predicted octanol–water partition coefficient (Wildman–Crippen LogP) is 3.62. The number of carbonyl (C=O) groups excluding carboxylic acids is 1. The molecule has 4 nitrogen and oxygen atoms in total. The fourth-order valence-corrected chi connectivity index (χ4v) is 1.87. The molecule has 0 aliphatic rings. The van der Waals surface area contributed by atoms with Crippen molar-refractivity contribution in [3.63, 3.8) is 0 Å². The van der Waals surface area contributed by atoms with E-state index in [2.05, 4.69) is 5.32 Å². The first-order valence-corrected chi connectivity index (χ1v) is 6.69. The highest BCUT2D eigenvalue weighted by molar-refractivity contribution is 6.30. The monoisotopic (exact) mass is 300 g/mol. The lowest BCUT2D eigenvalue weighted by Crippen LogP contribution is -2.30. The number of nitrogens with zero attached hydrogens (tertiary/aromatic N) is 1. The number of ether oxygens (including phenoxy) is 1. The first kappa shape index (κ1) is 14.9. The van der Waals surface area contributed by atoms with Crippen LogP contribution >= 0.6 is 11.6 Å².